The SMILES string of the molecule is COC(=O)CC1(C(=O)Nc2ccc(-c3cccc(C(F)(F)F)c3)cc2)CC(c2cccc(C(=N)N)c2)=NO1.O=C(O)C(F)(F)F. The number of benzene rings is 3. The summed E-state index contributed by atoms with van der Waals surface area (Å²) in [4.78, 5) is 39.9. The van der Waals surface area contributed by atoms with Gasteiger partial charge in [-0.2, -0.15) is 26.3 Å². The number of hydrogen-bond donors (Lipinski definition) is 4. The molecule has 1 aliphatic heterocycles. The number of nitrogens with two attached hydrogens (primary N) is 1. The summed E-state index contributed by atoms with van der Waals surface area (Å²) < 4.78 is 75.7. The number of alkyl halides is 6. The number of halogens is 6. The first-order chi connectivity index (χ1) is 20.9. The maximum absolute atomic E-state index is 13.4. The van der Waals surface area contributed by atoms with Gasteiger partial charge in [-0.05, 0) is 41.5 Å². The Kier molecular flexibility index (Phi) is 10.2. The predicted octanol–water partition coefficient (Wildman–Crippen LogP) is 5.35. The fourth-order valence-corrected chi connectivity index (χ4v) is 3.97. The highest BCUT2D eigenvalue weighted by Gasteiger charge is 2.49. The van der Waals surface area contributed by atoms with Gasteiger partial charge >= 0.3 is 24.3 Å². The number of carbonyl (C=O) groups excluding carboxylic acids is 2. The standard InChI is InChI=1S/C27H23F3N4O4.C2HF3O2/c1-37-23(35)15-26(14-22(34-38-26)18-5-2-6-19(12-18)24(31)32)25(36)33-21-10-8-16(9-11-21)17-4-3-7-20(13-17)27(28,29)30;3-2(4,5)1(6)7/h2-13H,14-15H2,1H3,(H3,31,32)(H,33,36);(H,6,7). The minimum absolute atomic E-state index is 0.0579. The number of nitrogens with one attached hydrogen (secondary N) is 2. The molecule has 1 atom stereocenters. The molecule has 0 fully saturated rings. The lowest BCUT2D eigenvalue weighted by Gasteiger charge is -2.24. The van der Waals surface area contributed by atoms with Crippen LogP contribution in [0.1, 0.15) is 29.5 Å². The molecule has 238 valence electrons. The third-order valence-corrected chi connectivity index (χ3v) is 6.27. The van der Waals surface area contributed by atoms with Crippen LogP contribution in [0, 0.1) is 5.41 Å². The van der Waals surface area contributed by atoms with E-state index in [2.05, 4.69) is 10.5 Å². The third kappa shape index (κ3) is 8.81. The first kappa shape index (κ1) is 34.1. The van der Waals surface area contributed by atoms with Crippen molar-refractivity contribution in [3.8, 4) is 11.1 Å². The quantitative estimate of drug-likeness (QED) is 0.117. The number of esters is 1. The zero-order valence-corrected chi connectivity index (χ0v) is 23.1. The minimum Gasteiger partial charge on any atom is -0.475 e. The van der Waals surface area contributed by atoms with Gasteiger partial charge in [0, 0.05) is 23.2 Å². The van der Waals surface area contributed by atoms with Crippen LogP contribution < -0.4 is 11.1 Å². The van der Waals surface area contributed by atoms with Crippen molar-refractivity contribution in [2.75, 3.05) is 12.4 Å². The van der Waals surface area contributed by atoms with E-state index in [0.717, 1.165) is 12.1 Å². The average molecular weight is 639 g/mol. The number of hydrogen-bond acceptors (Lipinski definition) is 7. The Labute approximate surface area is 250 Å². The average Bonchev–Trinajstić information content (AvgIpc) is 3.42. The van der Waals surface area contributed by atoms with Gasteiger partial charge < -0.3 is 25.7 Å². The van der Waals surface area contributed by atoms with Gasteiger partial charge in [-0.25, -0.2) is 4.79 Å². The highest BCUT2D eigenvalue weighted by molar-refractivity contribution is 6.10. The minimum atomic E-state index is -5.08. The van der Waals surface area contributed by atoms with Crippen LogP contribution in [0.15, 0.2) is 78.0 Å². The Bertz CT molecular complexity index is 1620. The van der Waals surface area contributed by atoms with E-state index < -0.39 is 47.8 Å². The fraction of sp³-hybridized carbons (Fsp3) is 0.207. The summed E-state index contributed by atoms with van der Waals surface area (Å²) in [5.74, 6) is -4.24. The Morgan fingerprint density at radius 3 is 2.13 bits per heavy atom. The number of nitrogens with zero attached hydrogens (tertiary/aromatic N) is 1. The van der Waals surface area contributed by atoms with Crippen LogP contribution in [0.5, 0.6) is 0 Å². The van der Waals surface area contributed by atoms with Crippen LogP contribution >= 0.6 is 0 Å². The van der Waals surface area contributed by atoms with Crippen molar-refractivity contribution < 1.29 is 55.4 Å². The van der Waals surface area contributed by atoms with Crippen molar-refractivity contribution in [3.05, 3.63) is 89.5 Å². The number of carboxylic acid groups (broad SMARTS) is 1. The normalized spacial score (nSPS) is 15.9. The molecule has 0 aromatic heterocycles. The Balaban J connectivity index is 0.000000707. The number of ether oxygens (including phenoxy) is 1. The molecule has 1 aliphatic rings. The van der Waals surface area contributed by atoms with Crippen LogP contribution in [0.4, 0.5) is 32.0 Å². The second-order valence-electron chi connectivity index (χ2n) is 9.46. The van der Waals surface area contributed by atoms with Gasteiger partial charge in [0.2, 0.25) is 5.60 Å². The lowest BCUT2D eigenvalue weighted by atomic mass is 9.89. The van der Waals surface area contributed by atoms with Gasteiger partial charge in [0.1, 0.15) is 5.84 Å². The molecule has 1 amide bonds. The molecule has 5 N–H and O–H groups in total. The maximum Gasteiger partial charge on any atom is 0.490 e. The van der Waals surface area contributed by atoms with Crippen molar-refractivity contribution in [2.24, 2.45) is 10.9 Å². The van der Waals surface area contributed by atoms with Crippen LogP contribution in [-0.4, -0.2) is 53.4 Å². The summed E-state index contributed by atoms with van der Waals surface area (Å²) in [6.45, 7) is 0. The summed E-state index contributed by atoms with van der Waals surface area (Å²) in [6, 6.07) is 17.8. The highest BCUT2D eigenvalue weighted by Crippen LogP contribution is 2.34. The van der Waals surface area contributed by atoms with Crippen molar-refractivity contribution in [2.45, 2.75) is 30.8 Å². The molecule has 0 spiro atoms. The molecule has 1 heterocycles. The molecule has 0 saturated heterocycles. The predicted molar refractivity (Wildman–Crippen MR) is 148 cm³/mol. The topological polar surface area (TPSA) is 164 Å². The van der Waals surface area contributed by atoms with Crippen LogP contribution in [-0.2, 0) is 30.1 Å². The maximum atomic E-state index is 13.4. The number of methoxy groups -OCH3 is 1. The van der Waals surface area contributed by atoms with E-state index in [1.807, 2.05) is 0 Å². The van der Waals surface area contributed by atoms with E-state index in [4.69, 9.17) is 30.6 Å². The molecule has 10 nitrogen and oxygen atoms in total. The van der Waals surface area contributed by atoms with E-state index in [1.54, 1.807) is 42.5 Å². The van der Waals surface area contributed by atoms with Gasteiger partial charge in [0.15, 0.2) is 0 Å². The van der Waals surface area contributed by atoms with E-state index in [1.165, 1.54) is 25.3 Å². The summed E-state index contributed by atoms with van der Waals surface area (Å²) in [5.41, 5.74) is 5.74. The van der Waals surface area contributed by atoms with Crippen LogP contribution in [0.25, 0.3) is 11.1 Å². The Hall–Kier alpha value is -5.41. The summed E-state index contributed by atoms with van der Waals surface area (Å²) in [6.07, 6.45) is -10.0. The van der Waals surface area contributed by atoms with Crippen molar-refractivity contribution in [1.82, 2.24) is 0 Å². The molecule has 4 rings (SSSR count). The van der Waals surface area contributed by atoms with Crippen molar-refractivity contribution in [1.29, 1.82) is 5.41 Å². The number of amidine groups is 1. The van der Waals surface area contributed by atoms with Gasteiger partial charge in [-0.1, -0.05) is 47.6 Å². The summed E-state index contributed by atoms with van der Waals surface area (Å²) in [5, 5.41) is 21.5. The number of oxime groups is 1. The second kappa shape index (κ2) is 13.5. The largest absolute Gasteiger partial charge is 0.490 e. The van der Waals surface area contributed by atoms with E-state index in [-0.39, 0.29) is 12.3 Å². The zero-order valence-electron chi connectivity index (χ0n) is 23.1. The molecule has 0 radical (unpaired) electrons. The molecule has 0 bridgehead atoms. The first-order valence-electron chi connectivity index (χ1n) is 12.6. The molecule has 16 heteroatoms. The molecular weight excluding hydrogens is 614 g/mol. The number of anilines is 1. The molecule has 45 heavy (non-hydrogen) atoms. The van der Waals surface area contributed by atoms with Crippen LogP contribution in [0.3, 0.4) is 0 Å². The first-order valence-corrected chi connectivity index (χ1v) is 12.6. The number of aliphatic carboxylic acids is 1. The number of carboxylic acids is 1. The van der Waals surface area contributed by atoms with Gasteiger partial charge in [-0.15, -0.1) is 0 Å². The van der Waals surface area contributed by atoms with Gasteiger partial charge in [0.05, 0.1) is 24.8 Å². The van der Waals surface area contributed by atoms with Crippen molar-refractivity contribution in [3.63, 3.8) is 0 Å². The van der Waals surface area contributed by atoms with Crippen LogP contribution in [0.2, 0.25) is 0 Å². The second-order valence-corrected chi connectivity index (χ2v) is 9.46. The molecule has 1 unspecified atom stereocenters. The monoisotopic (exact) mass is 638 g/mol. The number of carbonyl (C=O) groups is 3. The number of amides is 1. The van der Waals surface area contributed by atoms with Gasteiger partial charge in [-0.3, -0.25) is 15.0 Å². The van der Waals surface area contributed by atoms with E-state index in [0.29, 0.717) is 33.7 Å². The molecule has 3 aromatic carbocycles. The third-order valence-electron chi connectivity index (χ3n) is 6.27. The number of nitrogen functional groups attached to an aromatic ring is 1. The highest BCUT2D eigenvalue weighted by atomic mass is 19.4. The van der Waals surface area contributed by atoms with Crippen molar-refractivity contribution >= 4 is 35.1 Å². The molecule has 3 aromatic rings. The van der Waals surface area contributed by atoms with E-state index in [9.17, 15) is 35.9 Å². The Morgan fingerprint density at radius 2 is 1.58 bits per heavy atom. The lowest BCUT2D eigenvalue weighted by Crippen LogP contribution is -2.45. The van der Waals surface area contributed by atoms with Gasteiger partial charge in [0.25, 0.3) is 5.91 Å². The number of rotatable bonds is 7. The zero-order chi connectivity index (χ0) is 33.6. The van der Waals surface area contributed by atoms with E-state index >= 15 is 0 Å². The molecule has 0 saturated carbocycles. The molecular formula is C29H24F6N4O6. The Morgan fingerprint density at radius 1 is 0.978 bits per heavy atom. The lowest BCUT2D eigenvalue weighted by molar-refractivity contribution is -0.192. The molecule has 0 aliphatic carbocycles. The smallest absolute Gasteiger partial charge is 0.475 e. The summed E-state index contributed by atoms with van der Waals surface area (Å²) in [7, 11) is 1.19. The fourth-order valence-electron chi connectivity index (χ4n) is 3.97. The summed E-state index contributed by atoms with van der Waals surface area (Å²) >= 11 is 0.